The van der Waals surface area contributed by atoms with Crippen molar-refractivity contribution in [2.75, 3.05) is 4.90 Å². The van der Waals surface area contributed by atoms with Gasteiger partial charge in [-0.15, -0.1) is 0 Å². The molecule has 1 heteroatoms. The van der Waals surface area contributed by atoms with E-state index in [9.17, 15) is 0 Å². The van der Waals surface area contributed by atoms with Crippen LogP contribution in [0.4, 0.5) is 17.1 Å². The smallest absolute Gasteiger partial charge is 0.0714 e. The Morgan fingerprint density at radius 1 is 0.346 bits per heavy atom. The zero-order valence-electron chi connectivity index (χ0n) is 29.1. The lowest BCUT2D eigenvalue weighted by Gasteiger charge is -2.35. The summed E-state index contributed by atoms with van der Waals surface area (Å²) < 4.78 is 0. The number of fused-ring (bicyclic) bond motifs is 6. The van der Waals surface area contributed by atoms with E-state index in [1.165, 1.54) is 66.9 Å². The number of rotatable bonds is 6. The predicted octanol–water partition coefficient (Wildman–Crippen LogP) is 12.9. The average molecular weight is 664 g/mol. The second-order valence-electron chi connectivity index (χ2n) is 14.2. The van der Waals surface area contributed by atoms with Gasteiger partial charge in [0.15, 0.2) is 0 Å². The van der Waals surface area contributed by atoms with Gasteiger partial charge in [-0.05, 0) is 92.9 Å². The van der Waals surface area contributed by atoms with Gasteiger partial charge in [0.05, 0.1) is 11.1 Å². The van der Waals surface area contributed by atoms with Crippen molar-refractivity contribution in [2.24, 2.45) is 0 Å². The van der Waals surface area contributed by atoms with E-state index in [2.05, 4.69) is 218 Å². The van der Waals surface area contributed by atoms with E-state index < -0.39 is 5.41 Å². The number of nitrogens with zero attached hydrogens (tertiary/aromatic N) is 1. The molecule has 0 fully saturated rings. The third-order valence-corrected chi connectivity index (χ3v) is 11.6. The van der Waals surface area contributed by atoms with Crippen molar-refractivity contribution in [3.8, 4) is 22.3 Å². The van der Waals surface area contributed by atoms with Crippen LogP contribution in [0.25, 0.3) is 22.3 Å². The molecule has 0 heterocycles. The first kappa shape index (κ1) is 30.4. The first-order valence-corrected chi connectivity index (χ1v) is 18.2. The van der Waals surface area contributed by atoms with Gasteiger partial charge in [0.25, 0.3) is 0 Å². The van der Waals surface area contributed by atoms with Crippen LogP contribution in [0.3, 0.4) is 0 Å². The number of benzene rings is 8. The Morgan fingerprint density at radius 2 is 0.846 bits per heavy atom. The van der Waals surface area contributed by atoms with Crippen molar-refractivity contribution < 1.29 is 0 Å². The monoisotopic (exact) mass is 663 g/mol. The van der Waals surface area contributed by atoms with Gasteiger partial charge < -0.3 is 4.90 Å². The van der Waals surface area contributed by atoms with Crippen LogP contribution in [0.5, 0.6) is 0 Å². The Labute approximate surface area is 306 Å². The van der Waals surface area contributed by atoms with E-state index in [1.54, 1.807) is 0 Å². The first-order valence-electron chi connectivity index (χ1n) is 18.2. The lowest BCUT2D eigenvalue weighted by atomic mass is 9.67. The van der Waals surface area contributed by atoms with Crippen LogP contribution in [0.15, 0.2) is 206 Å². The summed E-state index contributed by atoms with van der Waals surface area (Å²) in [5, 5.41) is 0. The van der Waals surface area contributed by atoms with Crippen LogP contribution in [0, 0.1) is 0 Å². The third-order valence-electron chi connectivity index (χ3n) is 11.6. The molecule has 2 aliphatic carbocycles. The molecule has 0 bridgehead atoms. The molecule has 0 radical (unpaired) electrons. The molecule has 10 rings (SSSR count). The lowest BCUT2D eigenvalue weighted by Crippen LogP contribution is -2.28. The second-order valence-corrected chi connectivity index (χ2v) is 14.2. The Kier molecular flexibility index (Phi) is 6.91. The van der Waals surface area contributed by atoms with Crippen molar-refractivity contribution in [1.82, 2.24) is 0 Å². The highest BCUT2D eigenvalue weighted by Gasteiger charge is 2.47. The molecule has 0 saturated carbocycles. The Hall–Kier alpha value is -6.44. The van der Waals surface area contributed by atoms with Gasteiger partial charge in [0.1, 0.15) is 0 Å². The summed E-state index contributed by atoms with van der Waals surface area (Å²) >= 11 is 0. The Morgan fingerprint density at radius 3 is 1.50 bits per heavy atom. The second kappa shape index (κ2) is 11.8. The highest BCUT2D eigenvalue weighted by Crippen LogP contribution is 2.59. The SMILES string of the molecule is CC1(c2ccccc2)c2ccccc2-c2c(N(c3ccccc3)c3ccc4c(c3)C(c3ccccc3)(c3ccccc3)c3ccccc3-4)cccc21. The molecule has 0 N–H and O–H groups in total. The van der Waals surface area contributed by atoms with E-state index in [4.69, 9.17) is 0 Å². The Balaban J connectivity index is 1.27. The maximum absolute atomic E-state index is 2.48. The number of hydrogen-bond donors (Lipinski definition) is 0. The molecule has 52 heavy (non-hydrogen) atoms. The van der Waals surface area contributed by atoms with Crippen molar-refractivity contribution in [3.05, 3.63) is 245 Å². The molecule has 0 spiro atoms. The minimum absolute atomic E-state index is 0.291. The number of anilines is 3. The quantitative estimate of drug-likeness (QED) is 0.171. The minimum atomic E-state index is -0.482. The summed E-state index contributed by atoms with van der Waals surface area (Å²) in [6.45, 7) is 2.39. The molecule has 0 saturated heterocycles. The summed E-state index contributed by atoms with van der Waals surface area (Å²) in [6, 6.07) is 76.0. The van der Waals surface area contributed by atoms with Crippen LogP contribution in [-0.4, -0.2) is 0 Å². The molecule has 0 aliphatic heterocycles. The fourth-order valence-electron chi connectivity index (χ4n) is 9.37. The van der Waals surface area contributed by atoms with Gasteiger partial charge in [-0.1, -0.05) is 176 Å². The van der Waals surface area contributed by atoms with Crippen molar-refractivity contribution in [3.63, 3.8) is 0 Å². The molecule has 0 aromatic heterocycles. The van der Waals surface area contributed by atoms with Gasteiger partial charge in [-0.3, -0.25) is 0 Å². The van der Waals surface area contributed by atoms with Crippen molar-refractivity contribution in [2.45, 2.75) is 17.8 Å². The van der Waals surface area contributed by atoms with Crippen LogP contribution >= 0.6 is 0 Å². The summed E-state index contributed by atoms with van der Waals surface area (Å²) in [4.78, 5) is 2.48. The first-order chi connectivity index (χ1) is 25.7. The zero-order chi connectivity index (χ0) is 34.7. The van der Waals surface area contributed by atoms with Crippen LogP contribution in [-0.2, 0) is 10.8 Å². The minimum Gasteiger partial charge on any atom is -0.310 e. The third kappa shape index (κ3) is 4.23. The van der Waals surface area contributed by atoms with E-state index in [-0.39, 0.29) is 5.41 Å². The molecule has 1 unspecified atom stereocenters. The normalized spacial score (nSPS) is 16.0. The molecule has 8 aromatic rings. The molecular formula is C51H37N. The molecule has 1 atom stereocenters. The highest BCUT2D eigenvalue weighted by atomic mass is 15.1. The summed E-state index contributed by atoms with van der Waals surface area (Å²) in [5.74, 6) is 0. The summed E-state index contributed by atoms with van der Waals surface area (Å²) in [5.41, 5.74) is 16.9. The number of para-hydroxylation sites is 1. The maximum atomic E-state index is 2.48. The predicted molar refractivity (Wildman–Crippen MR) is 216 cm³/mol. The molecule has 246 valence electrons. The van der Waals surface area contributed by atoms with Crippen LogP contribution < -0.4 is 4.90 Å². The Bertz CT molecular complexity index is 2530. The molecule has 1 nitrogen and oxygen atoms in total. The van der Waals surface area contributed by atoms with Gasteiger partial charge in [0, 0.05) is 22.4 Å². The van der Waals surface area contributed by atoms with E-state index in [0.717, 1.165) is 11.4 Å². The summed E-state index contributed by atoms with van der Waals surface area (Å²) in [7, 11) is 0. The molecule has 8 aromatic carbocycles. The molecular weight excluding hydrogens is 627 g/mol. The topological polar surface area (TPSA) is 3.24 Å². The largest absolute Gasteiger partial charge is 0.310 e. The van der Waals surface area contributed by atoms with Crippen molar-refractivity contribution in [1.29, 1.82) is 0 Å². The van der Waals surface area contributed by atoms with E-state index in [0.29, 0.717) is 0 Å². The van der Waals surface area contributed by atoms with E-state index in [1.807, 2.05) is 0 Å². The standard InChI is InChI=1S/C51H37N/c1-50(36-19-6-2-7-20-36)44-29-16-15-28-43(44)49-46(50)31-18-32-48(49)52(39-25-12-5-13-26-39)40-33-34-42-41-27-14-17-30-45(41)51(47(42)35-40,37-21-8-3-9-22-37)38-23-10-4-11-24-38/h2-35H,1H3. The van der Waals surface area contributed by atoms with Gasteiger partial charge in [-0.2, -0.15) is 0 Å². The van der Waals surface area contributed by atoms with Crippen molar-refractivity contribution >= 4 is 17.1 Å². The van der Waals surface area contributed by atoms with Crippen LogP contribution in [0.1, 0.15) is 45.9 Å². The maximum Gasteiger partial charge on any atom is 0.0714 e. The zero-order valence-corrected chi connectivity index (χ0v) is 29.1. The molecule has 0 amide bonds. The lowest BCUT2D eigenvalue weighted by molar-refractivity contribution is 0.714. The fourth-order valence-corrected chi connectivity index (χ4v) is 9.37. The van der Waals surface area contributed by atoms with Crippen LogP contribution in [0.2, 0.25) is 0 Å². The van der Waals surface area contributed by atoms with E-state index >= 15 is 0 Å². The molecule has 2 aliphatic rings. The van der Waals surface area contributed by atoms with Gasteiger partial charge in [0.2, 0.25) is 0 Å². The average Bonchev–Trinajstić information content (AvgIpc) is 3.67. The van der Waals surface area contributed by atoms with Gasteiger partial charge >= 0.3 is 0 Å². The fraction of sp³-hybridized carbons (Fsp3) is 0.0588. The number of hydrogen-bond acceptors (Lipinski definition) is 1. The highest BCUT2D eigenvalue weighted by molar-refractivity contribution is 5.97. The van der Waals surface area contributed by atoms with Gasteiger partial charge in [-0.25, -0.2) is 0 Å². The summed E-state index contributed by atoms with van der Waals surface area (Å²) in [6.07, 6.45) is 0.